The van der Waals surface area contributed by atoms with Gasteiger partial charge in [-0.1, -0.05) is 13.8 Å². The topological polar surface area (TPSA) is 22.1 Å². The van der Waals surface area contributed by atoms with Gasteiger partial charge in [-0.15, -0.1) is 22.9 Å². The SMILES string of the molecule is CCC(CC)(OC)c1nc(CCCCl)cs1. The average Bonchev–Trinajstić information content (AvgIpc) is 2.79. The van der Waals surface area contributed by atoms with Crippen molar-refractivity contribution in [1.29, 1.82) is 0 Å². The lowest BCUT2D eigenvalue weighted by molar-refractivity contribution is -0.0219. The number of halogens is 1. The molecule has 0 aliphatic heterocycles. The van der Waals surface area contributed by atoms with Gasteiger partial charge >= 0.3 is 0 Å². The van der Waals surface area contributed by atoms with Gasteiger partial charge in [0.2, 0.25) is 0 Å². The molecule has 0 unspecified atom stereocenters. The van der Waals surface area contributed by atoms with Gasteiger partial charge in [-0.25, -0.2) is 4.98 Å². The molecular formula is C12H20ClNOS. The van der Waals surface area contributed by atoms with Crippen LogP contribution in [0.15, 0.2) is 5.38 Å². The van der Waals surface area contributed by atoms with Crippen LogP contribution in [0.3, 0.4) is 0 Å². The predicted molar refractivity (Wildman–Crippen MR) is 70.4 cm³/mol. The van der Waals surface area contributed by atoms with Crippen LogP contribution < -0.4 is 0 Å². The highest BCUT2D eigenvalue weighted by molar-refractivity contribution is 7.09. The predicted octanol–water partition coefficient (Wildman–Crippen LogP) is 3.98. The molecule has 0 amide bonds. The first-order valence-corrected chi connectivity index (χ1v) is 7.19. The molecule has 1 heterocycles. The molecule has 0 aliphatic rings. The standard InChI is InChI=1S/C12H20ClNOS/c1-4-12(5-2,15-3)11-14-10(9-16-11)7-6-8-13/h9H,4-8H2,1-3H3. The quantitative estimate of drug-likeness (QED) is 0.693. The van der Waals surface area contributed by atoms with Crippen molar-refractivity contribution in [3.63, 3.8) is 0 Å². The van der Waals surface area contributed by atoms with Crippen LogP contribution in [-0.2, 0) is 16.8 Å². The third-order valence-electron chi connectivity index (χ3n) is 3.04. The lowest BCUT2D eigenvalue weighted by Crippen LogP contribution is -2.26. The van der Waals surface area contributed by atoms with Gasteiger partial charge in [0, 0.05) is 18.4 Å². The maximum Gasteiger partial charge on any atom is 0.125 e. The molecule has 4 heteroatoms. The van der Waals surface area contributed by atoms with Crippen molar-refractivity contribution in [3.8, 4) is 0 Å². The number of thiazole rings is 1. The second-order valence-corrected chi connectivity index (χ2v) is 5.08. The Bertz CT molecular complexity index is 301. The van der Waals surface area contributed by atoms with E-state index >= 15 is 0 Å². The van der Waals surface area contributed by atoms with Gasteiger partial charge in [-0.3, -0.25) is 0 Å². The third kappa shape index (κ3) is 2.96. The summed E-state index contributed by atoms with van der Waals surface area (Å²) < 4.78 is 5.66. The van der Waals surface area contributed by atoms with Crippen LogP contribution in [0.4, 0.5) is 0 Å². The largest absolute Gasteiger partial charge is 0.371 e. The van der Waals surface area contributed by atoms with E-state index in [4.69, 9.17) is 16.3 Å². The minimum atomic E-state index is -0.191. The monoisotopic (exact) mass is 261 g/mol. The molecule has 1 rings (SSSR count). The van der Waals surface area contributed by atoms with E-state index in [9.17, 15) is 0 Å². The summed E-state index contributed by atoms with van der Waals surface area (Å²) in [6.07, 6.45) is 3.88. The molecule has 0 spiro atoms. The molecule has 0 radical (unpaired) electrons. The van der Waals surface area contributed by atoms with Gasteiger partial charge in [-0.05, 0) is 25.7 Å². The molecule has 0 fully saturated rings. The molecule has 0 N–H and O–H groups in total. The van der Waals surface area contributed by atoms with Crippen LogP contribution in [0.25, 0.3) is 0 Å². The second kappa shape index (κ2) is 6.58. The van der Waals surface area contributed by atoms with Gasteiger partial charge in [-0.2, -0.15) is 0 Å². The number of nitrogens with zero attached hydrogens (tertiary/aromatic N) is 1. The summed E-state index contributed by atoms with van der Waals surface area (Å²) in [6.45, 7) is 4.29. The van der Waals surface area contributed by atoms with Crippen LogP contribution >= 0.6 is 22.9 Å². The Labute approximate surface area is 107 Å². The van der Waals surface area contributed by atoms with Gasteiger partial charge in [0.15, 0.2) is 0 Å². The highest BCUT2D eigenvalue weighted by Crippen LogP contribution is 2.34. The fourth-order valence-electron chi connectivity index (χ4n) is 1.81. The Morgan fingerprint density at radius 3 is 2.62 bits per heavy atom. The van der Waals surface area contributed by atoms with Crippen LogP contribution in [0.5, 0.6) is 0 Å². The van der Waals surface area contributed by atoms with Crippen molar-refractivity contribution in [2.45, 2.75) is 45.1 Å². The highest BCUT2D eigenvalue weighted by Gasteiger charge is 2.31. The number of ether oxygens (including phenoxy) is 1. The van der Waals surface area contributed by atoms with E-state index in [0.717, 1.165) is 36.4 Å². The smallest absolute Gasteiger partial charge is 0.125 e. The Morgan fingerprint density at radius 2 is 2.12 bits per heavy atom. The van der Waals surface area contributed by atoms with Crippen molar-refractivity contribution in [2.24, 2.45) is 0 Å². The molecule has 2 nitrogen and oxygen atoms in total. The summed E-state index contributed by atoms with van der Waals surface area (Å²) in [6, 6.07) is 0. The zero-order valence-corrected chi connectivity index (χ0v) is 11.8. The van der Waals surface area contributed by atoms with E-state index in [1.165, 1.54) is 0 Å². The number of hydrogen-bond donors (Lipinski definition) is 0. The molecule has 0 aliphatic carbocycles. The first-order valence-electron chi connectivity index (χ1n) is 5.78. The Balaban J connectivity index is 2.81. The number of hydrogen-bond acceptors (Lipinski definition) is 3. The number of aryl methyl sites for hydroxylation is 1. The summed E-state index contributed by atoms with van der Waals surface area (Å²) in [5, 5.41) is 3.23. The number of rotatable bonds is 7. The molecule has 0 aromatic carbocycles. The molecule has 16 heavy (non-hydrogen) atoms. The number of methoxy groups -OCH3 is 1. The summed E-state index contributed by atoms with van der Waals surface area (Å²) in [4.78, 5) is 4.67. The van der Waals surface area contributed by atoms with Crippen LogP contribution in [0.2, 0.25) is 0 Å². The van der Waals surface area contributed by atoms with Crippen molar-refractivity contribution in [3.05, 3.63) is 16.1 Å². The fraction of sp³-hybridized carbons (Fsp3) is 0.750. The minimum absolute atomic E-state index is 0.191. The Morgan fingerprint density at radius 1 is 1.44 bits per heavy atom. The number of aromatic nitrogens is 1. The lowest BCUT2D eigenvalue weighted by Gasteiger charge is -2.27. The lowest BCUT2D eigenvalue weighted by atomic mass is 9.98. The van der Waals surface area contributed by atoms with Crippen molar-refractivity contribution in [1.82, 2.24) is 4.98 Å². The highest BCUT2D eigenvalue weighted by atomic mass is 35.5. The van der Waals surface area contributed by atoms with Gasteiger partial charge in [0.05, 0.1) is 5.69 Å². The third-order valence-corrected chi connectivity index (χ3v) is 4.38. The zero-order valence-electron chi connectivity index (χ0n) is 10.3. The van der Waals surface area contributed by atoms with E-state index in [1.807, 2.05) is 0 Å². The maximum absolute atomic E-state index is 5.68. The molecule has 0 saturated heterocycles. The molecule has 0 bridgehead atoms. The van der Waals surface area contributed by atoms with Gasteiger partial charge < -0.3 is 4.74 Å². The molecule has 92 valence electrons. The molecule has 0 saturated carbocycles. The van der Waals surface area contributed by atoms with E-state index in [1.54, 1.807) is 18.4 Å². The Hall–Kier alpha value is -0.120. The van der Waals surface area contributed by atoms with Crippen LogP contribution in [0, 0.1) is 0 Å². The minimum Gasteiger partial charge on any atom is -0.371 e. The molecule has 1 aromatic rings. The first kappa shape index (κ1) is 13.9. The zero-order chi connectivity index (χ0) is 12.0. The summed E-state index contributed by atoms with van der Waals surface area (Å²) in [5.41, 5.74) is 0.952. The van der Waals surface area contributed by atoms with Crippen molar-refractivity contribution >= 4 is 22.9 Å². The number of alkyl halides is 1. The summed E-state index contributed by atoms with van der Waals surface area (Å²) >= 11 is 7.38. The van der Waals surface area contributed by atoms with E-state index in [0.29, 0.717) is 5.88 Å². The van der Waals surface area contributed by atoms with Crippen molar-refractivity contribution in [2.75, 3.05) is 13.0 Å². The second-order valence-electron chi connectivity index (χ2n) is 3.84. The van der Waals surface area contributed by atoms with E-state index < -0.39 is 0 Å². The average molecular weight is 262 g/mol. The van der Waals surface area contributed by atoms with Crippen LogP contribution in [-0.4, -0.2) is 18.0 Å². The summed E-state index contributed by atoms with van der Waals surface area (Å²) in [5.74, 6) is 0.698. The normalized spacial score (nSPS) is 12.0. The van der Waals surface area contributed by atoms with Crippen molar-refractivity contribution < 1.29 is 4.74 Å². The fourth-order valence-corrected chi connectivity index (χ4v) is 3.12. The summed E-state index contributed by atoms with van der Waals surface area (Å²) in [7, 11) is 1.77. The first-order chi connectivity index (χ1) is 7.72. The maximum atomic E-state index is 5.68. The molecule has 1 aromatic heterocycles. The van der Waals surface area contributed by atoms with E-state index in [2.05, 4.69) is 24.2 Å². The molecule has 0 atom stereocenters. The Kier molecular flexibility index (Phi) is 5.73. The molecular weight excluding hydrogens is 242 g/mol. The van der Waals surface area contributed by atoms with E-state index in [-0.39, 0.29) is 5.60 Å². The van der Waals surface area contributed by atoms with Gasteiger partial charge in [0.25, 0.3) is 0 Å². The van der Waals surface area contributed by atoms with Crippen LogP contribution in [0.1, 0.15) is 43.8 Å². The van der Waals surface area contributed by atoms with Gasteiger partial charge in [0.1, 0.15) is 10.6 Å².